The van der Waals surface area contributed by atoms with Gasteiger partial charge < -0.3 is 0 Å². The molecule has 0 spiro atoms. The number of fused-ring (bicyclic) bond motifs is 5. The highest BCUT2D eigenvalue weighted by Gasteiger charge is 2.26. The van der Waals surface area contributed by atoms with E-state index in [-0.39, 0.29) is 0 Å². The van der Waals surface area contributed by atoms with E-state index in [1.807, 2.05) is 0 Å². The van der Waals surface area contributed by atoms with Crippen molar-refractivity contribution in [3.05, 3.63) is 161 Å². The molecule has 2 aliphatic carbocycles. The summed E-state index contributed by atoms with van der Waals surface area (Å²) < 4.78 is 0. The predicted octanol–water partition coefficient (Wildman–Crippen LogP) is 7.61. The van der Waals surface area contributed by atoms with Crippen LogP contribution in [0.15, 0.2) is 84.9 Å². The topological polar surface area (TPSA) is 0 Å². The van der Waals surface area contributed by atoms with E-state index < -0.39 is 0 Å². The molecule has 38 heavy (non-hydrogen) atoms. The second-order valence-corrected chi connectivity index (χ2v) is 11.3. The number of hydrogen-bond donors (Lipinski definition) is 0. The molecule has 7 rings (SSSR count). The van der Waals surface area contributed by atoms with Gasteiger partial charge in [0.2, 0.25) is 0 Å². The van der Waals surface area contributed by atoms with Gasteiger partial charge in [0.15, 0.2) is 0 Å². The van der Waals surface area contributed by atoms with Crippen molar-refractivity contribution in [2.24, 2.45) is 0 Å². The number of hydrogen-bond acceptors (Lipinski definition) is 0. The van der Waals surface area contributed by atoms with Crippen molar-refractivity contribution in [2.75, 3.05) is 0 Å². The highest BCUT2D eigenvalue weighted by Crippen LogP contribution is 2.40. The fourth-order valence-corrected chi connectivity index (χ4v) is 7.31. The Labute approximate surface area is 224 Å². The van der Waals surface area contributed by atoms with Crippen molar-refractivity contribution in [3.63, 3.8) is 0 Å². The summed E-state index contributed by atoms with van der Waals surface area (Å²) in [5.74, 6) is 0. The summed E-state index contributed by atoms with van der Waals surface area (Å²) >= 11 is 0. The zero-order valence-electron chi connectivity index (χ0n) is 23.1. The Morgan fingerprint density at radius 1 is 0.342 bits per heavy atom. The molecule has 0 N–H and O–H groups in total. The molecule has 0 amide bonds. The Morgan fingerprint density at radius 2 is 0.789 bits per heavy atom. The van der Waals surface area contributed by atoms with E-state index in [4.69, 9.17) is 0 Å². The second kappa shape index (κ2) is 8.17. The minimum absolute atomic E-state index is 1.32. The Balaban J connectivity index is 1.67. The molecule has 0 atom stereocenters. The van der Waals surface area contributed by atoms with E-state index in [1.54, 1.807) is 0 Å². The fraction of sp³-hybridized carbons (Fsp3) is 0.158. The summed E-state index contributed by atoms with van der Waals surface area (Å²) in [6, 6.07) is 32.2. The monoisotopic (exact) mass is 488 g/mol. The van der Waals surface area contributed by atoms with Crippen LogP contribution in [-0.4, -0.2) is 0 Å². The molecule has 2 aliphatic rings. The van der Waals surface area contributed by atoms with Gasteiger partial charge >= 0.3 is 0 Å². The highest BCUT2D eigenvalue weighted by atomic mass is 14.3. The van der Waals surface area contributed by atoms with Crippen LogP contribution in [0.1, 0.15) is 55.6 Å². The van der Waals surface area contributed by atoms with Gasteiger partial charge in [0, 0.05) is 0 Å². The van der Waals surface area contributed by atoms with Crippen LogP contribution in [0.25, 0.3) is 22.3 Å². The van der Waals surface area contributed by atoms with E-state index in [0.717, 1.165) is 0 Å². The standard InChI is InChI=1S/C38H32/c1-21-15-23(3)35(24(4)16-21)37-29-13-9-7-11-27(29)31-19-32-28-12-8-10-14-30(28)38(34(32)20-33(31)37)36-25(5)17-22(2)18-26(36)6/h7-20H,1-6H3. The number of benzene rings is 5. The second-order valence-electron chi connectivity index (χ2n) is 11.3. The minimum Gasteiger partial charge on any atom is -0.0616 e. The first kappa shape index (κ1) is 23.0. The van der Waals surface area contributed by atoms with Gasteiger partial charge in [-0.1, -0.05) is 83.9 Å². The van der Waals surface area contributed by atoms with Gasteiger partial charge in [-0.2, -0.15) is 0 Å². The van der Waals surface area contributed by atoms with E-state index in [0.29, 0.717) is 0 Å². The number of aryl methyl sites for hydroxylation is 6. The maximum atomic E-state index is 2.51. The molecule has 0 heteroatoms. The summed E-state index contributed by atoms with van der Waals surface area (Å²) in [6.07, 6.45) is 0. The zero-order chi connectivity index (χ0) is 26.3. The van der Waals surface area contributed by atoms with Gasteiger partial charge in [0.1, 0.15) is 0 Å². The summed E-state index contributed by atoms with van der Waals surface area (Å²) in [5.41, 5.74) is 18.9. The lowest BCUT2D eigenvalue weighted by molar-refractivity contribution is 1.28. The molecule has 0 unspecified atom stereocenters. The van der Waals surface area contributed by atoms with Crippen molar-refractivity contribution in [1.82, 2.24) is 0 Å². The van der Waals surface area contributed by atoms with Crippen molar-refractivity contribution < 1.29 is 0 Å². The Morgan fingerprint density at radius 3 is 1.37 bits per heavy atom. The van der Waals surface area contributed by atoms with Crippen LogP contribution < -0.4 is 10.4 Å². The van der Waals surface area contributed by atoms with Crippen LogP contribution in [0, 0.1) is 52.0 Å². The van der Waals surface area contributed by atoms with Gasteiger partial charge in [-0.05, 0) is 141 Å². The smallest absolute Gasteiger partial charge is 0.00208 e. The summed E-state index contributed by atoms with van der Waals surface area (Å²) in [4.78, 5) is 0. The first-order valence-electron chi connectivity index (χ1n) is 13.6. The molecule has 0 saturated heterocycles. The first-order chi connectivity index (χ1) is 18.3. The van der Waals surface area contributed by atoms with Gasteiger partial charge in [-0.15, -0.1) is 0 Å². The van der Waals surface area contributed by atoms with Gasteiger partial charge in [-0.3, -0.25) is 0 Å². The van der Waals surface area contributed by atoms with Crippen molar-refractivity contribution in [3.8, 4) is 11.1 Å². The van der Waals surface area contributed by atoms with Gasteiger partial charge in [-0.25, -0.2) is 0 Å². The normalized spacial score (nSPS) is 12.9. The van der Waals surface area contributed by atoms with E-state index >= 15 is 0 Å². The summed E-state index contributed by atoms with van der Waals surface area (Å²) in [7, 11) is 0. The lowest BCUT2D eigenvalue weighted by Crippen LogP contribution is -2.12. The third-order valence-corrected chi connectivity index (χ3v) is 8.52. The van der Waals surface area contributed by atoms with Gasteiger partial charge in [0.25, 0.3) is 0 Å². The fourth-order valence-electron chi connectivity index (χ4n) is 7.31. The first-order valence-corrected chi connectivity index (χ1v) is 13.6. The SMILES string of the molecule is Cc1cc(C)c(C2=c3cc4c(cc3-c3ccccc32)=c2ccccc2=C4c2c(C)cc(C)cc2C)c(C)c1. The molecule has 184 valence electrons. The Kier molecular flexibility index (Phi) is 4.94. The average molecular weight is 489 g/mol. The van der Waals surface area contributed by atoms with Gasteiger partial charge in [0.05, 0.1) is 0 Å². The molecule has 0 fully saturated rings. The maximum absolute atomic E-state index is 2.51. The largest absolute Gasteiger partial charge is 0.0616 e. The minimum atomic E-state index is 1.32. The molecule has 0 aromatic heterocycles. The lowest BCUT2D eigenvalue weighted by Gasteiger charge is -2.16. The van der Waals surface area contributed by atoms with Crippen molar-refractivity contribution >= 4 is 11.1 Å². The van der Waals surface area contributed by atoms with E-state index in [1.165, 1.54) is 98.8 Å². The maximum Gasteiger partial charge on any atom is -0.00208 e. The van der Waals surface area contributed by atoms with Crippen LogP contribution >= 0.6 is 0 Å². The number of rotatable bonds is 2. The molecule has 0 bridgehead atoms. The molecule has 5 aromatic rings. The summed E-state index contributed by atoms with van der Waals surface area (Å²) in [6.45, 7) is 13.5. The average Bonchev–Trinajstić information content (AvgIpc) is 3.35. The molecule has 0 radical (unpaired) electrons. The van der Waals surface area contributed by atoms with Crippen LogP contribution in [0.5, 0.6) is 0 Å². The highest BCUT2D eigenvalue weighted by molar-refractivity contribution is 5.98. The lowest BCUT2D eigenvalue weighted by atomic mass is 9.88. The van der Waals surface area contributed by atoms with Crippen LogP contribution in [0.4, 0.5) is 0 Å². The van der Waals surface area contributed by atoms with Crippen LogP contribution in [-0.2, 0) is 0 Å². The van der Waals surface area contributed by atoms with Crippen LogP contribution in [0.3, 0.4) is 0 Å². The molecule has 5 aromatic carbocycles. The molecule has 0 nitrogen and oxygen atoms in total. The summed E-state index contributed by atoms with van der Waals surface area (Å²) in [5, 5.41) is 5.39. The van der Waals surface area contributed by atoms with E-state index in [9.17, 15) is 0 Å². The van der Waals surface area contributed by atoms with Crippen LogP contribution in [0.2, 0.25) is 0 Å². The molecule has 0 aliphatic heterocycles. The predicted molar refractivity (Wildman–Crippen MR) is 160 cm³/mol. The quantitative estimate of drug-likeness (QED) is 0.235. The Hall–Kier alpha value is -4.16. The van der Waals surface area contributed by atoms with Crippen molar-refractivity contribution in [1.29, 1.82) is 0 Å². The van der Waals surface area contributed by atoms with E-state index in [2.05, 4.69) is 126 Å². The van der Waals surface area contributed by atoms with Crippen molar-refractivity contribution in [2.45, 2.75) is 41.5 Å². The third kappa shape index (κ3) is 3.16. The molecule has 0 saturated carbocycles. The zero-order valence-corrected chi connectivity index (χ0v) is 23.1. The Bertz CT molecular complexity index is 2020. The molecular weight excluding hydrogens is 456 g/mol. The third-order valence-electron chi connectivity index (χ3n) is 8.52. The molecular formula is C38H32. The molecule has 0 heterocycles.